The lowest BCUT2D eigenvalue weighted by Crippen LogP contribution is -2.40. The maximum absolute atomic E-state index is 13.1. The molecule has 0 bridgehead atoms. The summed E-state index contributed by atoms with van der Waals surface area (Å²) in [4.78, 5) is 31.3. The third-order valence-electron chi connectivity index (χ3n) is 3.37. The summed E-state index contributed by atoms with van der Waals surface area (Å²) in [5.74, 6) is -1.00. The van der Waals surface area contributed by atoms with Crippen molar-refractivity contribution in [3.05, 3.63) is 29.8 Å². The molecule has 1 aliphatic heterocycles. The lowest BCUT2D eigenvalue weighted by Gasteiger charge is -2.26. The number of amides is 2. The molecule has 2 rings (SSSR count). The second kappa shape index (κ2) is 6.93. The van der Waals surface area contributed by atoms with Crippen molar-refractivity contribution >= 4 is 12.0 Å². The third-order valence-corrected chi connectivity index (χ3v) is 3.37. The Hall–Kier alpha value is -2.18. The number of hydrogen-bond acceptors (Lipinski definition) is 4. The van der Waals surface area contributed by atoms with Crippen molar-refractivity contribution in [2.45, 2.75) is 32.8 Å². The Labute approximate surface area is 135 Å². The number of rotatable bonds is 1. The van der Waals surface area contributed by atoms with Crippen LogP contribution in [0, 0.1) is 5.95 Å². The number of halogens is 1. The van der Waals surface area contributed by atoms with Gasteiger partial charge in [0, 0.05) is 26.2 Å². The molecular formula is C16H22FN3O3. The molecule has 0 aromatic carbocycles. The summed E-state index contributed by atoms with van der Waals surface area (Å²) in [6.45, 7) is 7.22. The van der Waals surface area contributed by atoms with Crippen LogP contribution < -0.4 is 0 Å². The summed E-state index contributed by atoms with van der Waals surface area (Å²) in [5.41, 5.74) is -0.472. The molecule has 0 spiro atoms. The fourth-order valence-electron chi connectivity index (χ4n) is 2.32. The summed E-state index contributed by atoms with van der Waals surface area (Å²) in [6.07, 6.45) is 0.260. The largest absolute Gasteiger partial charge is 0.444 e. The monoisotopic (exact) mass is 323 g/mol. The summed E-state index contributed by atoms with van der Waals surface area (Å²) < 4.78 is 18.5. The van der Waals surface area contributed by atoms with Crippen LogP contribution >= 0.6 is 0 Å². The van der Waals surface area contributed by atoms with E-state index in [9.17, 15) is 14.0 Å². The minimum Gasteiger partial charge on any atom is -0.444 e. The summed E-state index contributed by atoms with van der Waals surface area (Å²) in [6, 6.07) is 4.14. The quantitative estimate of drug-likeness (QED) is 0.744. The number of carbonyl (C=O) groups is 2. The van der Waals surface area contributed by atoms with Crippen molar-refractivity contribution in [2.75, 3.05) is 26.2 Å². The van der Waals surface area contributed by atoms with Crippen LogP contribution in [0.2, 0.25) is 0 Å². The Balaban J connectivity index is 1.98. The van der Waals surface area contributed by atoms with Crippen molar-refractivity contribution in [3.63, 3.8) is 0 Å². The minimum atomic E-state index is -0.680. The molecule has 1 fully saturated rings. The van der Waals surface area contributed by atoms with Gasteiger partial charge in [0.15, 0.2) is 0 Å². The third kappa shape index (κ3) is 4.91. The molecule has 0 atom stereocenters. The molecule has 7 heteroatoms. The van der Waals surface area contributed by atoms with Crippen LogP contribution in [0.15, 0.2) is 18.2 Å². The van der Waals surface area contributed by atoms with Gasteiger partial charge in [-0.25, -0.2) is 9.78 Å². The molecule has 0 N–H and O–H groups in total. The molecule has 1 aromatic heterocycles. The molecule has 1 aromatic rings. The number of hydrogen-bond donors (Lipinski definition) is 0. The fourth-order valence-corrected chi connectivity index (χ4v) is 2.32. The van der Waals surface area contributed by atoms with Gasteiger partial charge in [-0.05, 0) is 39.3 Å². The van der Waals surface area contributed by atoms with E-state index in [1.54, 1.807) is 9.80 Å². The SMILES string of the molecule is CC(C)(C)OC(=O)N1CCCN(C(=O)c2cccc(F)n2)CC1. The average molecular weight is 323 g/mol. The molecule has 1 saturated heterocycles. The van der Waals surface area contributed by atoms with E-state index in [0.29, 0.717) is 32.6 Å². The summed E-state index contributed by atoms with van der Waals surface area (Å²) >= 11 is 0. The summed E-state index contributed by atoms with van der Waals surface area (Å²) in [5, 5.41) is 0. The molecule has 2 heterocycles. The van der Waals surface area contributed by atoms with Gasteiger partial charge in [0.1, 0.15) is 11.3 Å². The van der Waals surface area contributed by atoms with Crippen LogP contribution in [-0.4, -0.2) is 58.6 Å². The topological polar surface area (TPSA) is 62.7 Å². The standard InChI is InChI=1S/C16H22FN3O3/c1-16(2,3)23-15(22)20-9-5-8-19(10-11-20)14(21)12-6-4-7-13(17)18-12/h4,6-7H,5,8-11H2,1-3H3. The van der Waals surface area contributed by atoms with Crippen molar-refractivity contribution in [1.29, 1.82) is 0 Å². The van der Waals surface area contributed by atoms with Gasteiger partial charge in [0.25, 0.3) is 5.91 Å². The van der Waals surface area contributed by atoms with Gasteiger partial charge in [0.2, 0.25) is 5.95 Å². The first-order valence-electron chi connectivity index (χ1n) is 7.66. The van der Waals surface area contributed by atoms with Gasteiger partial charge in [-0.3, -0.25) is 4.79 Å². The first-order valence-corrected chi connectivity index (χ1v) is 7.66. The molecule has 23 heavy (non-hydrogen) atoms. The molecular weight excluding hydrogens is 301 g/mol. The molecule has 6 nitrogen and oxygen atoms in total. The van der Waals surface area contributed by atoms with Crippen LogP contribution in [0.1, 0.15) is 37.7 Å². The van der Waals surface area contributed by atoms with Gasteiger partial charge in [0.05, 0.1) is 0 Å². The molecule has 0 radical (unpaired) electrons. The molecule has 0 saturated carbocycles. The highest BCUT2D eigenvalue weighted by atomic mass is 19.1. The Morgan fingerprint density at radius 1 is 1.13 bits per heavy atom. The minimum absolute atomic E-state index is 0.0794. The lowest BCUT2D eigenvalue weighted by atomic mass is 10.2. The zero-order valence-corrected chi connectivity index (χ0v) is 13.7. The highest BCUT2D eigenvalue weighted by Gasteiger charge is 2.26. The van der Waals surface area contributed by atoms with E-state index < -0.39 is 11.5 Å². The van der Waals surface area contributed by atoms with Crippen molar-refractivity contribution in [2.24, 2.45) is 0 Å². The van der Waals surface area contributed by atoms with Crippen LogP contribution in [0.4, 0.5) is 9.18 Å². The second-order valence-corrected chi connectivity index (χ2v) is 6.46. The van der Waals surface area contributed by atoms with Crippen LogP contribution in [0.5, 0.6) is 0 Å². The predicted molar refractivity (Wildman–Crippen MR) is 82.5 cm³/mol. The summed E-state index contributed by atoms with van der Waals surface area (Å²) in [7, 11) is 0. The van der Waals surface area contributed by atoms with Gasteiger partial charge >= 0.3 is 6.09 Å². The van der Waals surface area contributed by atoms with Crippen molar-refractivity contribution in [1.82, 2.24) is 14.8 Å². The van der Waals surface area contributed by atoms with Crippen LogP contribution in [0.25, 0.3) is 0 Å². The first-order chi connectivity index (χ1) is 10.8. The lowest BCUT2D eigenvalue weighted by molar-refractivity contribution is 0.0255. The van der Waals surface area contributed by atoms with Crippen LogP contribution in [0.3, 0.4) is 0 Å². The van der Waals surface area contributed by atoms with E-state index in [0.717, 1.165) is 0 Å². The Kier molecular flexibility index (Phi) is 5.18. The zero-order valence-electron chi connectivity index (χ0n) is 13.7. The zero-order chi connectivity index (χ0) is 17.0. The molecule has 1 aliphatic rings. The molecule has 2 amide bonds. The number of pyridine rings is 1. The average Bonchev–Trinajstić information content (AvgIpc) is 2.70. The number of nitrogens with zero attached hydrogens (tertiary/aromatic N) is 3. The van der Waals surface area contributed by atoms with Gasteiger partial charge in [-0.1, -0.05) is 6.07 Å². The first kappa shape index (κ1) is 17.2. The van der Waals surface area contributed by atoms with Gasteiger partial charge in [-0.15, -0.1) is 0 Å². The van der Waals surface area contributed by atoms with Gasteiger partial charge in [-0.2, -0.15) is 4.39 Å². The fraction of sp³-hybridized carbons (Fsp3) is 0.562. The van der Waals surface area contributed by atoms with Crippen LogP contribution in [-0.2, 0) is 4.74 Å². The van der Waals surface area contributed by atoms with E-state index in [4.69, 9.17) is 4.74 Å². The predicted octanol–water partition coefficient (Wildman–Crippen LogP) is 2.30. The Morgan fingerprint density at radius 2 is 1.78 bits per heavy atom. The Bertz CT molecular complexity index is 586. The second-order valence-electron chi connectivity index (χ2n) is 6.46. The maximum Gasteiger partial charge on any atom is 0.410 e. The highest BCUT2D eigenvalue weighted by Crippen LogP contribution is 2.13. The van der Waals surface area contributed by atoms with E-state index in [2.05, 4.69) is 4.98 Å². The highest BCUT2D eigenvalue weighted by molar-refractivity contribution is 5.92. The van der Waals surface area contributed by atoms with Crippen molar-refractivity contribution in [3.8, 4) is 0 Å². The molecule has 0 aliphatic carbocycles. The van der Waals surface area contributed by atoms with Gasteiger partial charge < -0.3 is 14.5 Å². The van der Waals surface area contributed by atoms with E-state index in [1.807, 2.05) is 20.8 Å². The van der Waals surface area contributed by atoms with E-state index >= 15 is 0 Å². The number of aromatic nitrogens is 1. The smallest absolute Gasteiger partial charge is 0.410 e. The van der Waals surface area contributed by atoms with E-state index in [1.165, 1.54) is 18.2 Å². The maximum atomic E-state index is 13.1. The normalized spacial score (nSPS) is 16.0. The van der Waals surface area contributed by atoms with Crippen molar-refractivity contribution < 1.29 is 18.7 Å². The Morgan fingerprint density at radius 3 is 2.43 bits per heavy atom. The number of ether oxygens (including phenoxy) is 1. The molecule has 126 valence electrons. The van der Waals surface area contributed by atoms with E-state index in [-0.39, 0.29) is 17.7 Å². The molecule has 0 unspecified atom stereocenters. The number of carbonyl (C=O) groups excluding carboxylic acids is 2.